The molecule has 0 heterocycles. The van der Waals surface area contributed by atoms with Crippen LogP contribution < -0.4 is 0 Å². The lowest BCUT2D eigenvalue weighted by molar-refractivity contribution is 1.08. The second kappa shape index (κ2) is 4.31. The third-order valence-electron chi connectivity index (χ3n) is 2.66. The number of aliphatic imine (C=N–C) groups is 1. The Kier molecular flexibility index (Phi) is 2.86. The monoisotopic (exact) mass is 209 g/mol. The molecule has 1 aromatic carbocycles. The minimum Gasteiger partial charge on any atom is -0.253 e. The summed E-state index contributed by atoms with van der Waals surface area (Å²) in [5.41, 5.74) is 5.13. The van der Waals surface area contributed by atoms with Gasteiger partial charge in [-0.2, -0.15) is 0 Å². The lowest BCUT2D eigenvalue weighted by Gasteiger charge is -2.15. The van der Waals surface area contributed by atoms with E-state index in [9.17, 15) is 0 Å². The molecule has 0 fully saturated rings. The predicted octanol–water partition coefficient (Wildman–Crippen LogP) is 3.98. The van der Waals surface area contributed by atoms with Crippen molar-refractivity contribution in [2.45, 2.75) is 13.3 Å². The van der Waals surface area contributed by atoms with Crippen molar-refractivity contribution in [3.05, 3.63) is 65.9 Å². The lowest BCUT2D eigenvalue weighted by atomic mass is 9.92. The van der Waals surface area contributed by atoms with Crippen molar-refractivity contribution < 1.29 is 0 Å². The zero-order chi connectivity index (χ0) is 11.5. The molecule has 1 heteroatoms. The Bertz CT molecular complexity index is 504. The van der Waals surface area contributed by atoms with Gasteiger partial charge in [0.1, 0.15) is 0 Å². The van der Waals surface area contributed by atoms with Crippen LogP contribution in [0.2, 0.25) is 0 Å². The number of hydrogen-bond acceptors (Lipinski definition) is 1. The fraction of sp³-hybridized carbons (Fsp3) is 0.133. The summed E-state index contributed by atoms with van der Waals surface area (Å²) in [7, 11) is 0. The first-order valence-electron chi connectivity index (χ1n) is 5.45. The average Bonchev–Trinajstić information content (AvgIpc) is 2.32. The maximum Gasteiger partial charge on any atom is 0.0777 e. The molecule has 0 amide bonds. The molecule has 0 N–H and O–H groups in total. The van der Waals surface area contributed by atoms with Crippen LogP contribution >= 0.6 is 0 Å². The Morgan fingerprint density at radius 1 is 1.25 bits per heavy atom. The van der Waals surface area contributed by atoms with Gasteiger partial charge in [0.25, 0.3) is 0 Å². The Morgan fingerprint density at radius 2 is 2.00 bits per heavy atom. The van der Waals surface area contributed by atoms with E-state index in [-0.39, 0.29) is 0 Å². The van der Waals surface area contributed by atoms with Gasteiger partial charge < -0.3 is 0 Å². The summed E-state index contributed by atoms with van der Waals surface area (Å²) in [4.78, 5) is 4.55. The second-order valence-electron chi connectivity index (χ2n) is 3.83. The number of allylic oxidation sites excluding steroid dienone is 3. The van der Waals surface area contributed by atoms with Crippen LogP contribution in [0, 0.1) is 0 Å². The van der Waals surface area contributed by atoms with Gasteiger partial charge in [-0.05, 0) is 17.6 Å². The highest BCUT2D eigenvalue weighted by molar-refractivity contribution is 6.18. The summed E-state index contributed by atoms with van der Waals surface area (Å²) >= 11 is 0. The highest BCUT2D eigenvalue weighted by Crippen LogP contribution is 2.23. The molecule has 0 aliphatic heterocycles. The Labute approximate surface area is 96.5 Å². The van der Waals surface area contributed by atoms with Crippen molar-refractivity contribution in [3.8, 4) is 0 Å². The Hall–Kier alpha value is -1.89. The van der Waals surface area contributed by atoms with E-state index in [4.69, 9.17) is 0 Å². The average molecular weight is 209 g/mol. The molecule has 80 valence electrons. The summed E-state index contributed by atoms with van der Waals surface area (Å²) in [5.74, 6) is 0. The molecule has 0 bridgehead atoms. The summed E-state index contributed by atoms with van der Waals surface area (Å²) < 4.78 is 0. The fourth-order valence-corrected chi connectivity index (χ4v) is 1.67. The summed E-state index contributed by atoms with van der Waals surface area (Å²) in [6.45, 7) is 10.0. The number of fused-ring (bicyclic) bond motifs is 1. The smallest absolute Gasteiger partial charge is 0.0777 e. The summed E-state index contributed by atoms with van der Waals surface area (Å²) in [5, 5.41) is 0. The van der Waals surface area contributed by atoms with E-state index in [2.05, 4.69) is 43.3 Å². The molecule has 1 nitrogen and oxygen atoms in total. The number of benzene rings is 1. The predicted molar refractivity (Wildman–Crippen MR) is 70.6 cm³/mol. The molecule has 1 aliphatic rings. The zero-order valence-corrected chi connectivity index (χ0v) is 9.53. The third-order valence-corrected chi connectivity index (χ3v) is 2.66. The minimum absolute atomic E-state index is 0.864. The molecule has 0 unspecified atom stereocenters. The van der Waals surface area contributed by atoms with Crippen LogP contribution in [0.5, 0.6) is 0 Å². The molecular weight excluding hydrogens is 194 g/mol. The van der Waals surface area contributed by atoms with E-state index in [1.165, 1.54) is 5.56 Å². The van der Waals surface area contributed by atoms with Crippen LogP contribution in [0.4, 0.5) is 0 Å². The zero-order valence-electron chi connectivity index (χ0n) is 9.53. The minimum atomic E-state index is 0.864. The molecule has 0 atom stereocenters. The molecule has 2 rings (SSSR count). The lowest BCUT2D eigenvalue weighted by Crippen LogP contribution is -2.08. The van der Waals surface area contributed by atoms with Crippen LogP contribution in [-0.4, -0.2) is 5.71 Å². The highest BCUT2D eigenvalue weighted by Gasteiger charge is 2.13. The van der Waals surface area contributed by atoms with E-state index in [0.29, 0.717) is 0 Å². The van der Waals surface area contributed by atoms with Gasteiger partial charge in [-0.3, -0.25) is 4.99 Å². The second-order valence-corrected chi connectivity index (χ2v) is 3.83. The SMILES string of the molecule is C=C(CC)N=C1C(=C)C=Cc2ccccc21. The van der Waals surface area contributed by atoms with Crippen molar-refractivity contribution in [1.29, 1.82) is 0 Å². The van der Waals surface area contributed by atoms with E-state index in [1.54, 1.807) is 0 Å². The highest BCUT2D eigenvalue weighted by atomic mass is 14.8. The summed E-state index contributed by atoms with van der Waals surface area (Å²) in [6, 6.07) is 8.22. The van der Waals surface area contributed by atoms with E-state index >= 15 is 0 Å². The van der Waals surface area contributed by atoms with Gasteiger partial charge in [0.05, 0.1) is 5.71 Å². The third kappa shape index (κ3) is 1.89. The molecule has 1 aromatic rings. The maximum absolute atomic E-state index is 4.55. The molecule has 0 saturated heterocycles. The normalized spacial score (nSPS) is 16.3. The molecule has 0 aromatic heterocycles. The van der Waals surface area contributed by atoms with Crippen molar-refractivity contribution in [2.75, 3.05) is 0 Å². The van der Waals surface area contributed by atoms with Crippen LogP contribution in [-0.2, 0) is 0 Å². The fourth-order valence-electron chi connectivity index (χ4n) is 1.67. The van der Waals surface area contributed by atoms with Crippen LogP contribution in [0.3, 0.4) is 0 Å². The van der Waals surface area contributed by atoms with Gasteiger partial charge in [0, 0.05) is 11.3 Å². The first-order valence-corrected chi connectivity index (χ1v) is 5.45. The number of nitrogens with zero attached hydrogens (tertiary/aromatic N) is 1. The molecule has 16 heavy (non-hydrogen) atoms. The van der Waals surface area contributed by atoms with Crippen LogP contribution in [0.15, 0.2) is 59.8 Å². The van der Waals surface area contributed by atoms with Gasteiger partial charge in [-0.1, -0.05) is 56.5 Å². The Morgan fingerprint density at radius 3 is 2.75 bits per heavy atom. The van der Waals surface area contributed by atoms with Crippen molar-refractivity contribution >= 4 is 11.8 Å². The van der Waals surface area contributed by atoms with E-state index in [0.717, 1.165) is 29.0 Å². The van der Waals surface area contributed by atoms with Gasteiger partial charge in [0.2, 0.25) is 0 Å². The molecule has 1 aliphatic carbocycles. The van der Waals surface area contributed by atoms with Gasteiger partial charge in [0.15, 0.2) is 0 Å². The van der Waals surface area contributed by atoms with E-state index in [1.807, 2.05) is 18.2 Å². The number of hydrogen-bond donors (Lipinski definition) is 0. The van der Waals surface area contributed by atoms with E-state index < -0.39 is 0 Å². The largest absolute Gasteiger partial charge is 0.253 e. The van der Waals surface area contributed by atoms with Crippen LogP contribution in [0.25, 0.3) is 6.08 Å². The molecule has 0 spiro atoms. The van der Waals surface area contributed by atoms with Gasteiger partial charge >= 0.3 is 0 Å². The Balaban J connectivity index is 2.54. The van der Waals surface area contributed by atoms with Gasteiger partial charge in [-0.25, -0.2) is 0 Å². The topological polar surface area (TPSA) is 12.4 Å². The summed E-state index contributed by atoms with van der Waals surface area (Å²) in [6.07, 6.45) is 4.94. The van der Waals surface area contributed by atoms with Crippen molar-refractivity contribution in [1.82, 2.24) is 0 Å². The van der Waals surface area contributed by atoms with Gasteiger partial charge in [-0.15, -0.1) is 0 Å². The van der Waals surface area contributed by atoms with Crippen LogP contribution in [0.1, 0.15) is 24.5 Å². The molecule has 0 saturated carbocycles. The van der Waals surface area contributed by atoms with Crippen molar-refractivity contribution in [3.63, 3.8) is 0 Å². The molecular formula is C15H15N. The first kappa shape index (κ1) is 10.6. The quantitative estimate of drug-likeness (QED) is 0.698. The molecule has 0 radical (unpaired) electrons. The van der Waals surface area contributed by atoms with Crippen molar-refractivity contribution in [2.24, 2.45) is 4.99 Å². The maximum atomic E-state index is 4.55. The number of rotatable bonds is 2. The standard InChI is InChI=1S/C15H15N/c1-4-12(3)16-15-11(2)9-10-13-7-5-6-8-14(13)15/h5-10H,2-4H2,1H3. The first-order chi connectivity index (χ1) is 7.72.